The Hall–Kier alpha value is -2.31. The first-order valence-corrected chi connectivity index (χ1v) is 9.05. The Bertz CT molecular complexity index is 910. The Morgan fingerprint density at radius 1 is 1.24 bits per heavy atom. The standard InChI is InChI=1S/C18H17ClN4OS/c1-12-4-3-5-14(8-12)21-17(24)10-25-18-22-20-11-23(18)15-7-6-13(2)16(19)9-15/h3-9,11H,10H2,1-2H3,(H,21,24). The van der Waals surface area contributed by atoms with E-state index in [1.165, 1.54) is 11.8 Å². The highest BCUT2D eigenvalue weighted by molar-refractivity contribution is 7.99. The van der Waals surface area contributed by atoms with Crippen molar-refractivity contribution in [2.24, 2.45) is 0 Å². The minimum atomic E-state index is -0.0907. The van der Waals surface area contributed by atoms with Gasteiger partial charge in [-0.15, -0.1) is 10.2 Å². The molecule has 3 rings (SSSR count). The lowest BCUT2D eigenvalue weighted by Gasteiger charge is -2.08. The van der Waals surface area contributed by atoms with Crippen LogP contribution in [0.1, 0.15) is 11.1 Å². The summed E-state index contributed by atoms with van der Waals surface area (Å²) in [4.78, 5) is 12.2. The minimum absolute atomic E-state index is 0.0907. The summed E-state index contributed by atoms with van der Waals surface area (Å²) < 4.78 is 1.82. The maximum absolute atomic E-state index is 12.2. The Morgan fingerprint density at radius 3 is 2.84 bits per heavy atom. The van der Waals surface area contributed by atoms with Gasteiger partial charge in [0.1, 0.15) is 6.33 Å². The van der Waals surface area contributed by atoms with Crippen LogP contribution in [-0.4, -0.2) is 26.4 Å². The fraction of sp³-hybridized carbons (Fsp3) is 0.167. The van der Waals surface area contributed by atoms with Crippen molar-refractivity contribution in [1.29, 1.82) is 0 Å². The molecule has 0 atom stereocenters. The second-order valence-electron chi connectivity index (χ2n) is 5.62. The molecule has 2 aromatic carbocycles. The smallest absolute Gasteiger partial charge is 0.234 e. The van der Waals surface area contributed by atoms with E-state index in [2.05, 4.69) is 15.5 Å². The van der Waals surface area contributed by atoms with Gasteiger partial charge in [0.2, 0.25) is 5.91 Å². The van der Waals surface area contributed by atoms with Crippen LogP contribution < -0.4 is 5.32 Å². The Kier molecular flexibility index (Phi) is 5.40. The lowest BCUT2D eigenvalue weighted by atomic mass is 10.2. The number of aryl methyl sites for hydroxylation is 2. The quantitative estimate of drug-likeness (QED) is 0.679. The molecule has 25 heavy (non-hydrogen) atoms. The fourth-order valence-corrected chi connectivity index (χ4v) is 3.19. The second-order valence-corrected chi connectivity index (χ2v) is 6.97. The Labute approximate surface area is 155 Å². The summed E-state index contributed by atoms with van der Waals surface area (Å²) in [5.41, 5.74) is 3.76. The number of hydrogen-bond acceptors (Lipinski definition) is 4. The van der Waals surface area contributed by atoms with E-state index in [9.17, 15) is 4.79 Å². The van der Waals surface area contributed by atoms with Crippen molar-refractivity contribution in [3.05, 3.63) is 64.9 Å². The van der Waals surface area contributed by atoms with Crippen molar-refractivity contribution in [3.8, 4) is 5.69 Å². The number of nitrogens with one attached hydrogen (secondary N) is 1. The van der Waals surface area contributed by atoms with E-state index in [4.69, 9.17) is 11.6 Å². The number of hydrogen-bond donors (Lipinski definition) is 1. The van der Waals surface area contributed by atoms with Gasteiger partial charge in [-0.05, 0) is 49.2 Å². The third kappa shape index (κ3) is 4.41. The summed E-state index contributed by atoms with van der Waals surface area (Å²) in [6, 6.07) is 13.4. The van der Waals surface area contributed by atoms with Gasteiger partial charge >= 0.3 is 0 Å². The summed E-state index contributed by atoms with van der Waals surface area (Å²) in [6.07, 6.45) is 1.61. The molecule has 1 N–H and O–H groups in total. The molecule has 1 amide bonds. The topological polar surface area (TPSA) is 59.8 Å². The maximum Gasteiger partial charge on any atom is 0.234 e. The highest BCUT2D eigenvalue weighted by atomic mass is 35.5. The van der Waals surface area contributed by atoms with Crippen molar-refractivity contribution < 1.29 is 4.79 Å². The predicted molar refractivity (Wildman–Crippen MR) is 102 cm³/mol. The number of rotatable bonds is 5. The number of carbonyl (C=O) groups excluding carboxylic acids is 1. The van der Waals surface area contributed by atoms with Gasteiger partial charge in [-0.2, -0.15) is 0 Å². The number of anilines is 1. The number of carbonyl (C=O) groups is 1. The molecule has 0 radical (unpaired) electrons. The maximum atomic E-state index is 12.2. The summed E-state index contributed by atoms with van der Waals surface area (Å²) in [5.74, 6) is 0.152. The van der Waals surface area contributed by atoms with Crippen molar-refractivity contribution in [1.82, 2.24) is 14.8 Å². The molecule has 5 nitrogen and oxygen atoms in total. The average molecular weight is 373 g/mol. The molecule has 7 heteroatoms. The third-order valence-corrected chi connectivity index (χ3v) is 4.93. The van der Waals surface area contributed by atoms with Crippen LogP contribution in [0, 0.1) is 13.8 Å². The molecule has 0 bridgehead atoms. The highest BCUT2D eigenvalue weighted by Gasteiger charge is 2.11. The molecule has 0 fully saturated rings. The van der Waals surface area contributed by atoms with Crippen molar-refractivity contribution >= 4 is 35.0 Å². The predicted octanol–water partition coefficient (Wildman–Crippen LogP) is 4.27. The third-order valence-electron chi connectivity index (χ3n) is 3.58. The zero-order valence-electron chi connectivity index (χ0n) is 13.9. The van der Waals surface area contributed by atoms with Gasteiger partial charge in [0.05, 0.1) is 11.4 Å². The normalized spacial score (nSPS) is 10.7. The van der Waals surface area contributed by atoms with E-state index < -0.39 is 0 Å². The Morgan fingerprint density at radius 2 is 2.08 bits per heavy atom. The summed E-state index contributed by atoms with van der Waals surface area (Å²) >= 11 is 7.51. The summed E-state index contributed by atoms with van der Waals surface area (Å²) in [6.45, 7) is 3.93. The van der Waals surface area contributed by atoms with E-state index in [-0.39, 0.29) is 11.7 Å². The lowest BCUT2D eigenvalue weighted by Crippen LogP contribution is -2.14. The number of thioether (sulfide) groups is 1. The van der Waals surface area contributed by atoms with Gasteiger partial charge in [0.25, 0.3) is 0 Å². The molecule has 0 unspecified atom stereocenters. The van der Waals surface area contributed by atoms with Crippen molar-refractivity contribution in [3.63, 3.8) is 0 Å². The highest BCUT2D eigenvalue weighted by Crippen LogP contribution is 2.24. The van der Waals surface area contributed by atoms with E-state index >= 15 is 0 Å². The molecular formula is C18H17ClN4OS. The van der Waals surface area contributed by atoms with Gasteiger partial charge in [0, 0.05) is 10.7 Å². The van der Waals surface area contributed by atoms with Crippen LogP contribution in [0.5, 0.6) is 0 Å². The van der Waals surface area contributed by atoms with Crippen molar-refractivity contribution in [2.45, 2.75) is 19.0 Å². The largest absolute Gasteiger partial charge is 0.325 e. The van der Waals surface area contributed by atoms with E-state index in [1.54, 1.807) is 6.33 Å². The lowest BCUT2D eigenvalue weighted by molar-refractivity contribution is -0.113. The molecule has 3 aromatic rings. The number of benzene rings is 2. The van der Waals surface area contributed by atoms with Crippen LogP contribution in [0.15, 0.2) is 53.9 Å². The molecule has 1 heterocycles. The van der Waals surface area contributed by atoms with Crippen LogP contribution in [0.3, 0.4) is 0 Å². The van der Waals surface area contributed by atoms with Crippen LogP contribution >= 0.6 is 23.4 Å². The molecule has 0 spiro atoms. The first-order valence-electron chi connectivity index (χ1n) is 7.69. The molecule has 0 saturated heterocycles. The zero-order chi connectivity index (χ0) is 17.8. The first kappa shape index (κ1) is 17.5. The SMILES string of the molecule is Cc1cccc(NC(=O)CSc2nncn2-c2ccc(C)c(Cl)c2)c1. The molecule has 128 valence electrons. The van der Waals surface area contributed by atoms with E-state index in [0.29, 0.717) is 10.2 Å². The summed E-state index contributed by atoms with van der Waals surface area (Å²) in [7, 11) is 0. The number of nitrogens with zero attached hydrogens (tertiary/aromatic N) is 3. The van der Waals surface area contributed by atoms with Crippen LogP contribution in [-0.2, 0) is 4.79 Å². The number of amides is 1. The summed E-state index contributed by atoms with van der Waals surface area (Å²) in [5, 5.41) is 12.2. The van der Waals surface area contributed by atoms with Crippen LogP contribution in [0.2, 0.25) is 5.02 Å². The molecular weight excluding hydrogens is 356 g/mol. The molecule has 0 aliphatic rings. The van der Waals surface area contributed by atoms with Crippen LogP contribution in [0.4, 0.5) is 5.69 Å². The second kappa shape index (κ2) is 7.72. The Balaban J connectivity index is 1.67. The zero-order valence-corrected chi connectivity index (χ0v) is 15.4. The van der Waals surface area contributed by atoms with Crippen LogP contribution in [0.25, 0.3) is 5.69 Å². The van der Waals surface area contributed by atoms with Gasteiger partial charge in [-0.3, -0.25) is 9.36 Å². The van der Waals surface area contributed by atoms with Gasteiger partial charge in [0.15, 0.2) is 5.16 Å². The minimum Gasteiger partial charge on any atom is -0.325 e. The van der Waals surface area contributed by atoms with Crippen molar-refractivity contribution in [2.75, 3.05) is 11.1 Å². The van der Waals surface area contributed by atoms with E-state index in [1.807, 2.05) is 60.9 Å². The molecule has 0 saturated carbocycles. The first-order chi connectivity index (χ1) is 12.0. The monoisotopic (exact) mass is 372 g/mol. The average Bonchev–Trinajstić information content (AvgIpc) is 3.04. The molecule has 0 aliphatic carbocycles. The number of halogens is 1. The molecule has 1 aromatic heterocycles. The van der Waals surface area contributed by atoms with E-state index in [0.717, 1.165) is 22.5 Å². The molecule has 0 aliphatic heterocycles. The van der Waals surface area contributed by atoms with Gasteiger partial charge in [-0.25, -0.2) is 0 Å². The van der Waals surface area contributed by atoms with Gasteiger partial charge < -0.3 is 5.32 Å². The fourth-order valence-electron chi connectivity index (χ4n) is 2.28. The van der Waals surface area contributed by atoms with Gasteiger partial charge in [-0.1, -0.05) is 41.6 Å². The number of aromatic nitrogens is 3.